The van der Waals surface area contributed by atoms with Gasteiger partial charge in [-0.15, -0.1) is 0 Å². The molecule has 162 valence electrons. The minimum Gasteiger partial charge on any atom is -0.376 e. The minimum atomic E-state index is -3.50. The first-order valence-electron chi connectivity index (χ1n) is 9.67. The Morgan fingerprint density at radius 3 is 2.73 bits per heavy atom. The molecule has 30 heavy (non-hydrogen) atoms. The van der Waals surface area contributed by atoms with Gasteiger partial charge in [-0.25, -0.2) is 8.42 Å². The molecule has 2 aromatic carbocycles. The van der Waals surface area contributed by atoms with Crippen molar-refractivity contribution in [2.75, 3.05) is 30.7 Å². The Labute approximate surface area is 182 Å². The highest BCUT2D eigenvalue weighted by atomic mass is 35.5. The van der Waals surface area contributed by atoms with E-state index in [0.717, 1.165) is 38.1 Å². The number of sulfonamides is 1. The summed E-state index contributed by atoms with van der Waals surface area (Å²) in [5, 5.41) is 3.09. The van der Waals surface area contributed by atoms with Crippen molar-refractivity contribution in [2.45, 2.75) is 26.1 Å². The highest BCUT2D eigenvalue weighted by Gasteiger charge is 2.17. The van der Waals surface area contributed by atoms with E-state index in [9.17, 15) is 13.2 Å². The first-order chi connectivity index (χ1) is 14.2. The Morgan fingerprint density at radius 2 is 2.00 bits per heavy atom. The van der Waals surface area contributed by atoms with Gasteiger partial charge in [-0.3, -0.25) is 14.4 Å². The van der Waals surface area contributed by atoms with Gasteiger partial charge in [-0.2, -0.15) is 0 Å². The zero-order valence-electron chi connectivity index (χ0n) is 17.0. The molecule has 1 amide bonds. The minimum absolute atomic E-state index is 0.175. The Kier molecular flexibility index (Phi) is 7.36. The zero-order valence-corrected chi connectivity index (χ0v) is 18.6. The second-order valence-corrected chi connectivity index (χ2v) is 9.64. The van der Waals surface area contributed by atoms with Gasteiger partial charge in [-0.1, -0.05) is 35.9 Å². The summed E-state index contributed by atoms with van der Waals surface area (Å²) in [7, 11) is -3.50. The third kappa shape index (κ3) is 6.70. The number of carbonyl (C=O) groups excluding carboxylic acids is 1. The SMILES string of the molecule is CC1CN(Cc2cccc(CNC(=O)c3ccc(Cl)c(NS(C)(=O)=O)c3)c2)CCO1. The molecule has 0 saturated carbocycles. The van der Waals surface area contributed by atoms with E-state index in [1.54, 1.807) is 6.07 Å². The number of nitrogens with zero attached hydrogens (tertiary/aromatic N) is 1. The topological polar surface area (TPSA) is 87.7 Å². The van der Waals surface area contributed by atoms with Gasteiger partial charge in [0, 0.05) is 31.7 Å². The molecule has 1 atom stereocenters. The van der Waals surface area contributed by atoms with Crippen LogP contribution in [0, 0.1) is 0 Å². The average Bonchev–Trinajstić information content (AvgIpc) is 2.67. The number of nitrogens with one attached hydrogen (secondary N) is 2. The van der Waals surface area contributed by atoms with Gasteiger partial charge in [0.05, 0.1) is 29.7 Å². The molecular weight excluding hydrogens is 426 g/mol. The Morgan fingerprint density at radius 1 is 1.23 bits per heavy atom. The van der Waals surface area contributed by atoms with Crippen molar-refractivity contribution in [2.24, 2.45) is 0 Å². The van der Waals surface area contributed by atoms with E-state index in [2.05, 4.69) is 34.0 Å². The highest BCUT2D eigenvalue weighted by molar-refractivity contribution is 7.92. The number of halogens is 1. The van der Waals surface area contributed by atoms with Crippen LogP contribution < -0.4 is 10.0 Å². The molecule has 0 aliphatic carbocycles. The summed E-state index contributed by atoms with van der Waals surface area (Å²) in [6.45, 7) is 5.84. The summed E-state index contributed by atoms with van der Waals surface area (Å²) >= 11 is 6.02. The van der Waals surface area contributed by atoms with Crippen molar-refractivity contribution in [3.63, 3.8) is 0 Å². The summed E-state index contributed by atoms with van der Waals surface area (Å²) in [5.74, 6) is -0.310. The molecule has 0 bridgehead atoms. The molecule has 0 aromatic heterocycles. The smallest absolute Gasteiger partial charge is 0.251 e. The predicted molar refractivity (Wildman–Crippen MR) is 118 cm³/mol. The van der Waals surface area contributed by atoms with E-state index in [0.29, 0.717) is 12.1 Å². The second-order valence-electron chi connectivity index (χ2n) is 7.49. The van der Waals surface area contributed by atoms with Crippen LogP contribution in [-0.4, -0.2) is 51.3 Å². The van der Waals surface area contributed by atoms with Crippen LogP contribution in [0.2, 0.25) is 5.02 Å². The van der Waals surface area contributed by atoms with Gasteiger partial charge in [0.15, 0.2) is 0 Å². The molecule has 1 unspecified atom stereocenters. The number of amides is 1. The normalized spacial score (nSPS) is 17.5. The first-order valence-corrected chi connectivity index (χ1v) is 11.9. The van der Waals surface area contributed by atoms with Crippen LogP contribution in [0.15, 0.2) is 42.5 Å². The maximum atomic E-state index is 12.5. The first kappa shape index (κ1) is 22.6. The van der Waals surface area contributed by atoms with Crippen molar-refractivity contribution in [3.05, 3.63) is 64.2 Å². The summed E-state index contributed by atoms with van der Waals surface area (Å²) in [6.07, 6.45) is 1.27. The molecule has 9 heteroatoms. The molecule has 1 aliphatic rings. The van der Waals surface area contributed by atoms with Crippen molar-refractivity contribution >= 4 is 33.2 Å². The van der Waals surface area contributed by atoms with E-state index < -0.39 is 10.0 Å². The molecule has 0 radical (unpaired) electrons. The standard InChI is InChI=1S/C21H26ClN3O4S/c1-15-13-25(8-9-29-15)14-17-5-3-4-16(10-17)12-23-21(26)18-6-7-19(22)20(11-18)24-30(2,27)28/h3-7,10-11,15,24H,8-9,12-14H2,1-2H3,(H,23,26). The maximum Gasteiger partial charge on any atom is 0.251 e. The van der Waals surface area contributed by atoms with Crippen molar-refractivity contribution in [1.82, 2.24) is 10.2 Å². The lowest BCUT2D eigenvalue weighted by molar-refractivity contribution is -0.0212. The number of benzene rings is 2. The van der Waals surface area contributed by atoms with Gasteiger partial charge >= 0.3 is 0 Å². The maximum absolute atomic E-state index is 12.5. The van der Waals surface area contributed by atoms with E-state index in [-0.39, 0.29) is 22.7 Å². The molecule has 1 aliphatic heterocycles. The Bertz CT molecular complexity index is 1010. The van der Waals surface area contributed by atoms with Crippen LogP contribution in [0.25, 0.3) is 0 Å². The lowest BCUT2D eigenvalue weighted by Crippen LogP contribution is -2.40. The fourth-order valence-corrected chi connectivity index (χ4v) is 4.15. The van der Waals surface area contributed by atoms with Crippen molar-refractivity contribution in [3.8, 4) is 0 Å². The van der Waals surface area contributed by atoms with E-state index in [1.807, 2.05) is 12.1 Å². The highest BCUT2D eigenvalue weighted by Crippen LogP contribution is 2.24. The quantitative estimate of drug-likeness (QED) is 0.675. The summed E-state index contributed by atoms with van der Waals surface area (Å²) in [4.78, 5) is 14.9. The summed E-state index contributed by atoms with van der Waals surface area (Å²) in [6, 6.07) is 12.6. The third-order valence-corrected chi connectivity index (χ3v) is 5.62. The number of rotatable bonds is 7. The fourth-order valence-electron chi connectivity index (χ4n) is 3.36. The van der Waals surface area contributed by atoms with Crippen LogP contribution in [-0.2, 0) is 27.8 Å². The molecule has 7 nitrogen and oxygen atoms in total. The van der Waals surface area contributed by atoms with Crippen molar-refractivity contribution in [1.29, 1.82) is 0 Å². The van der Waals surface area contributed by atoms with Crippen LogP contribution >= 0.6 is 11.6 Å². The van der Waals surface area contributed by atoms with E-state index in [4.69, 9.17) is 16.3 Å². The summed E-state index contributed by atoms with van der Waals surface area (Å²) in [5.41, 5.74) is 2.67. The third-order valence-electron chi connectivity index (χ3n) is 4.70. The molecule has 1 fully saturated rings. The number of morpholine rings is 1. The molecule has 0 spiro atoms. The van der Waals surface area contributed by atoms with Gasteiger partial charge < -0.3 is 10.1 Å². The molecule has 2 N–H and O–H groups in total. The number of anilines is 1. The summed E-state index contributed by atoms with van der Waals surface area (Å²) < 4.78 is 30.8. The van der Waals surface area contributed by atoms with E-state index >= 15 is 0 Å². The number of carbonyl (C=O) groups is 1. The van der Waals surface area contributed by atoms with Crippen LogP contribution in [0.1, 0.15) is 28.4 Å². The lowest BCUT2D eigenvalue weighted by atomic mass is 10.1. The monoisotopic (exact) mass is 451 g/mol. The lowest BCUT2D eigenvalue weighted by Gasteiger charge is -2.31. The number of hydrogen-bond donors (Lipinski definition) is 2. The van der Waals surface area contributed by atoms with Crippen molar-refractivity contribution < 1.29 is 17.9 Å². The van der Waals surface area contributed by atoms with Crippen LogP contribution in [0.3, 0.4) is 0 Å². The number of hydrogen-bond acceptors (Lipinski definition) is 5. The van der Waals surface area contributed by atoms with Gasteiger partial charge in [-0.05, 0) is 36.2 Å². The Balaban J connectivity index is 1.61. The molecule has 1 heterocycles. The van der Waals surface area contributed by atoms with Gasteiger partial charge in [0.2, 0.25) is 10.0 Å². The fraction of sp³-hybridized carbons (Fsp3) is 0.381. The molecule has 1 saturated heterocycles. The predicted octanol–water partition coefficient (Wildman–Crippen LogP) is 2.86. The zero-order chi connectivity index (χ0) is 21.7. The second kappa shape index (κ2) is 9.78. The molecular formula is C21H26ClN3O4S. The van der Waals surface area contributed by atoms with Crippen LogP contribution in [0.5, 0.6) is 0 Å². The van der Waals surface area contributed by atoms with Gasteiger partial charge in [0.1, 0.15) is 0 Å². The van der Waals surface area contributed by atoms with Crippen LogP contribution in [0.4, 0.5) is 5.69 Å². The number of ether oxygens (including phenoxy) is 1. The molecule has 3 rings (SSSR count). The molecule has 2 aromatic rings. The average molecular weight is 452 g/mol. The Hall–Kier alpha value is -2.13. The largest absolute Gasteiger partial charge is 0.376 e. The van der Waals surface area contributed by atoms with E-state index in [1.165, 1.54) is 17.7 Å². The van der Waals surface area contributed by atoms with Gasteiger partial charge in [0.25, 0.3) is 5.91 Å².